The second kappa shape index (κ2) is 10.6. The zero-order chi connectivity index (χ0) is 22.2. The van der Waals surface area contributed by atoms with Crippen molar-refractivity contribution < 1.29 is 18.7 Å². The van der Waals surface area contributed by atoms with Gasteiger partial charge < -0.3 is 14.1 Å². The number of hydrogen-bond acceptors (Lipinski definition) is 6. The first-order valence-corrected chi connectivity index (χ1v) is 10.4. The van der Waals surface area contributed by atoms with Gasteiger partial charge in [0, 0.05) is 19.0 Å². The summed E-state index contributed by atoms with van der Waals surface area (Å²) in [5, 5.41) is 5.09. The highest BCUT2D eigenvalue weighted by Gasteiger charge is 2.20. The molecular formula is C23H27N3O5. The summed E-state index contributed by atoms with van der Waals surface area (Å²) in [5.41, 5.74) is -0.204. The fourth-order valence-electron chi connectivity index (χ4n) is 3.26. The van der Waals surface area contributed by atoms with E-state index in [1.807, 2.05) is 0 Å². The van der Waals surface area contributed by atoms with Gasteiger partial charge >= 0.3 is 5.97 Å². The monoisotopic (exact) mass is 425 g/mol. The average Bonchev–Trinajstić information content (AvgIpc) is 3.29. The number of furan rings is 1. The number of rotatable bonds is 10. The quantitative estimate of drug-likeness (QED) is 0.365. The molecule has 0 fully saturated rings. The molecule has 0 saturated heterocycles. The Morgan fingerprint density at radius 3 is 2.58 bits per heavy atom. The number of unbranched alkanes of at least 4 members (excludes halogenated alkanes) is 3. The summed E-state index contributed by atoms with van der Waals surface area (Å²) in [5.74, 6) is -0.481. The van der Waals surface area contributed by atoms with Gasteiger partial charge in [0.25, 0.3) is 11.5 Å². The van der Waals surface area contributed by atoms with Gasteiger partial charge in [-0.15, -0.1) is 0 Å². The summed E-state index contributed by atoms with van der Waals surface area (Å²) in [7, 11) is 1.60. The average molecular weight is 425 g/mol. The molecule has 0 aliphatic carbocycles. The smallest absolute Gasteiger partial charge is 0.359 e. The number of amides is 1. The topological polar surface area (TPSA) is 94.6 Å². The molecule has 1 aromatic carbocycles. The van der Waals surface area contributed by atoms with E-state index in [0.29, 0.717) is 23.1 Å². The number of hydrogen-bond donors (Lipinski definition) is 0. The fourth-order valence-corrected chi connectivity index (χ4v) is 3.26. The van der Waals surface area contributed by atoms with Gasteiger partial charge in [-0.05, 0) is 24.6 Å². The van der Waals surface area contributed by atoms with Crippen LogP contribution in [-0.2, 0) is 22.6 Å². The predicted molar refractivity (Wildman–Crippen MR) is 116 cm³/mol. The van der Waals surface area contributed by atoms with Gasteiger partial charge in [-0.25, -0.2) is 9.48 Å². The Bertz CT molecular complexity index is 1090. The molecule has 0 saturated carbocycles. The van der Waals surface area contributed by atoms with E-state index in [2.05, 4.69) is 12.0 Å². The molecule has 8 nitrogen and oxygen atoms in total. The number of benzene rings is 1. The van der Waals surface area contributed by atoms with Crippen LogP contribution in [0.3, 0.4) is 0 Å². The minimum Gasteiger partial charge on any atom is -0.467 e. The second-order valence-corrected chi connectivity index (χ2v) is 7.39. The van der Waals surface area contributed by atoms with Gasteiger partial charge in [-0.3, -0.25) is 9.59 Å². The zero-order valence-electron chi connectivity index (χ0n) is 17.9. The Labute approximate surface area is 180 Å². The van der Waals surface area contributed by atoms with Crippen molar-refractivity contribution in [3.63, 3.8) is 0 Å². The van der Waals surface area contributed by atoms with E-state index in [-0.39, 0.29) is 23.7 Å². The molecule has 31 heavy (non-hydrogen) atoms. The lowest BCUT2D eigenvalue weighted by atomic mass is 10.1. The Morgan fingerprint density at radius 1 is 1.10 bits per heavy atom. The Hall–Kier alpha value is -3.42. The molecule has 2 heterocycles. The maximum atomic E-state index is 12.8. The standard InChI is InChI=1S/C23H27N3O5/c1-3-4-5-8-13-26-22(28)19-12-7-6-11-18(19)21(24-26)23(29)31-16-20(27)25(2)15-17-10-9-14-30-17/h6-7,9-12,14H,3-5,8,13,15-16H2,1-2H3. The Kier molecular flexibility index (Phi) is 7.59. The van der Waals surface area contributed by atoms with Crippen LogP contribution < -0.4 is 5.56 Å². The SMILES string of the molecule is CCCCCCn1nc(C(=O)OCC(=O)N(C)Cc2ccco2)c2ccccc2c1=O. The number of ether oxygens (including phenoxy) is 1. The van der Waals surface area contributed by atoms with Crippen LogP contribution in [0, 0.1) is 0 Å². The lowest BCUT2D eigenvalue weighted by molar-refractivity contribution is -0.134. The van der Waals surface area contributed by atoms with Gasteiger partial charge in [0.15, 0.2) is 12.3 Å². The summed E-state index contributed by atoms with van der Waals surface area (Å²) < 4.78 is 11.8. The first-order valence-electron chi connectivity index (χ1n) is 10.4. The summed E-state index contributed by atoms with van der Waals surface area (Å²) in [6.07, 6.45) is 5.46. The van der Waals surface area contributed by atoms with E-state index in [9.17, 15) is 14.4 Å². The highest BCUT2D eigenvalue weighted by atomic mass is 16.5. The van der Waals surface area contributed by atoms with Crippen molar-refractivity contribution in [2.75, 3.05) is 13.7 Å². The molecule has 0 unspecified atom stereocenters. The molecule has 1 amide bonds. The lowest BCUT2D eigenvalue weighted by Gasteiger charge is -2.16. The number of carbonyl (C=O) groups excluding carboxylic acids is 2. The van der Waals surface area contributed by atoms with Crippen LogP contribution in [-0.4, -0.2) is 40.2 Å². The molecule has 0 radical (unpaired) electrons. The van der Waals surface area contributed by atoms with Gasteiger partial charge in [0.05, 0.1) is 18.2 Å². The largest absolute Gasteiger partial charge is 0.467 e. The normalized spacial score (nSPS) is 10.9. The molecule has 0 N–H and O–H groups in total. The van der Waals surface area contributed by atoms with E-state index in [1.165, 1.54) is 15.8 Å². The molecule has 3 aromatic rings. The molecule has 0 spiro atoms. The molecule has 8 heteroatoms. The van der Waals surface area contributed by atoms with Crippen LogP contribution in [0.5, 0.6) is 0 Å². The molecular weight excluding hydrogens is 398 g/mol. The van der Waals surface area contributed by atoms with E-state index in [0.717, 1.165) is 25.7 Å². The molecule has 0 aliphatic heterocycles. The molecule has 0 atom stereocenters. The molecule has 0 bridgehead atoms. The van der Waals surface area contributed by atoms with E-state index >= 15 is 0 Å². The maximum Gasteiger partial charge on any atom is 0.359 e. The highest BCUT2D eigenvalue weighted by Crippen LogP contribution is 2.15. The number of nitrogens with zero attached hydrogens (tertiary/aromatic N) is 3. The van der Waals surface area contributed by atoms with Crippen LogP contribution in [0.25, 0.3) is 10.8 Å². The van der Waals surface area contributed by atoms with Gasteiger partial charge in [-0.2, -0.15) is 5.10 Å². The summed E-state index contributed by atoms with van der Waals surface area (Å²) in [6.45, 7) is 2.38. The molecule has 3 rings (SSSR count). The van der Waals surface area contributed by atoms with Crippen LogP contribution in [0.1, 0.15) is 48.9 Å². The second-order valence-electron chi connectivity index (χ2n) is 7.39. The predicted octanol–water partition coefficient (Wildman–Crippen LogP) is 3.39. The van der Waals surface area contributed by atoms with Crippen LogP contribution >= 0.6 is 0 Å². The van der Waals surface area contributed by atoms with Crippen LogP contribution in [0.15, 0.2) is 51.9 Å². The minimum atomic E-state index is -0.738. The van der Waals surface area contributed by atoms with Crippen LogP contribution in [0.4, 0.5) is 0 Å². The van der Waals surface area contributed by atoms with E-state index < -0.39 is 12.6 Å². The van der Waals surface area contributed by atoms with Gasteiger partial charge in [0.1, 0.15) is 5.76 Å². The third kappa shape index (κ3) is 5.59. The Balaban J connectivity index is 1.74. The molecule has 0 aliphatic rings. The first kappa shape index (κ1) is 22.3. The van der Waals surface area contributed by atoms with E-state index in [1.54, 1.807) is 43.4 Å². The third-order valence-corrected chi connectivity index (χ3v) is 5.01. The number of aromatic nitrogens is 2. The van der Waals surface area contributed by atoms with Gasteiger partial charge in [0.2, 0.25) is 0 Å². The van der Waals surface area contributed by atoms with Crippen molar-refractivity contribution in [1.29, 1.82) is 0 Å². The number of aryl methyl sites for hydroxylation is 1. The number of likely N-dealkylation sites (N-methyl/N-ethyl adjacent to an activating group) is 1. The number of esters is 1. The van der Waals surface area contributed by atoms with Crippen molar-refractivity contribution in [3.8, 4) is 0 Å². The van der Waals surface area contributed by atoms with Crippen molar-refractivity contribution in [1.82, 2.24) is 14.7 Å². The lowest BCUT2D eigenvalue weighted by Crippen LogP contribution is -2.31. The molecule has 2 aromatic heterocycles. The third-order valence-electron chi connectivity index (χ3n) is 5.01. The van der Waals surface area contributed by atoms with E-state index in [4.69, 9.17) is 9.15 Å². The fraction of sp³-hybridized carbons (Fsp3) is 0.391. The minimum absolute atomic E-state index is 0.0344. The Morgan fingerprint density at radius 2 is 1.87 bits per heavy atom. The van der Waals surface area contributed by atoms with Crippen molar-refractivity contribution >= 4 is 22.6 Å². The van der Waals surface area contributed by atoms with Crippen molar-refractivity contribution in [3.05, 3.63) is 64.5 Å². The summed E-state index contributed by atoms with van der Waals surface area (Å²) in [6, 6.07) is 10.3. The maximum absolute atomic E-state index is 12.8. The molecule has 164 valence electrons. The highest BCUT2D eigenvalue weighted by molar-refractivity contribution is 6.02. The van der Waals surface area contributed by atoms with Gasteiger partial charge in [-0.1, -0.05) is 44.4 Å². The summed E-state index contributed by atoms with van der Waals surface area (Å²) in [4.78, 5) is 39.2. The number of fused-ring (bicyclic) bond motifs is 1. The summed E-state index contributed by atoms with van der Waals surface area (Å²) >= 11 is 0. The number of carbonyl (C=O) groups is 2. The van der Waals surface area contributed by atoms with Crippen molar-refractivity contribution in [2.24, 2.45) is 0 Å². The van der Waals surface area contributed by atoms with Crippen molar-refractivity contribution in [2.45, 2.75) is 45.7 Å². The zero-order valence-corrected chi connectivity index (χ0v) is 17.9. The van der Waals surface area contributed by atoms with Crippen LogP contribution in [0.2, 0.25) is 0 Å². The first-order chi connectivity index (χ1) is 15.0.